The summed E-state index contributed by atoms with van der Waals surface area (Å²) in [5.41, 5.74) is 0. The summed E-state index contributed by atoms with van der Waals surface area (Å²) in [6.07, 6.45) is -2.83. The average molecular weight is 288 g/mol. The van der Waals surface area contributed by atoms with Crippen LogP contribution in [0.1, 0.15) is 27.7 Å². The molecular formula is C12H20N2O6. The largest absolute Gasteiger partial charge is 0.458 e. The van der Waals surface area contributed by atoms with Crippen molar-refractivity contribution in [1.29, 1.82) is 0 Å². The van der Waals surface area contributed by atoms with Gasteiger partial charge in [-0.1, -0.05) is 0 Å². The Kier molecular flexibility index (Phi) is 5.46. The Morgan fingerprint density at radius 2 is 1.55 bits per heavy atom. The second-order valence-electron chi connectivity index (χ2n) is 4.76. The van der Waals surface area contributed by atoms with E-state index in [1.54, 1.807) is 6.92 Å². The molecule has 5 atom stereocenters. The zero-order valence-electron chi connectivity index (χ0n) is 11.9. The van der Waals surface area contributed by atoms with E-state index in [2.05, 4.69) is 10.6 Å². The van der Waals surface area contributed by atoms with Gasteiger partial charge in [0, 0.05) is 20.8 Å². The highest BCUT2D eigenvalue weighted by molar-refractivity contribution is 5.74. The van der Waals surface area contributed by atoms with Crippen molar-refractivity contribution in [2.45, 2.75) is 58.3 Å². The van der Waals surface area contributed by atoms with Gasteiger partial charge in [0.05, 0.1) is 12.1 Å². The van der Waals surface area contributed by atoms with E-state index in [1.807, 2.05) is 0 Å². The smallest absolute Gasteiger partial charge is 0.303 e. The first-order valence-electron chi connectivity index (χ1n) is 6.27. The Balaban J connectivity index is 3.01. The number of aliphatic hydroxyl groups excluding tert-OH is 1. The highest BCUT2D eigenvalue weighted by Crippen LogP contribution is 2.22. The van der Waals surface area contributed by atoms with Crippen molar-refractivity contribution >= 4 is 17.8 Å². The van der Waals surface area contributed by atoms with Gasteiger partial charge in [-0.2, -0.15) is 0 Å². The van der Waals surface area contributed by atoms with Crippen molar-refractivity contribution in [2.75, 3.05) is 0 Å². The molecule has 1 rings (SSSR count). The molecule has 8 nitrogen and oxygen atoms in total. The van der Waals surface area contributed by atoms with Crippen molar-refractivity contribution in [2.24, 2.45) is 0 Å². The minimum absolute atomic E-state index is 0.333. The van der Waals surface area contributed by atoms with Gasteiger partial charge in [0.15, 0.2) is 6.29 Å². The Morgan fingerprint density at radius 3 is 2.00 bits per heavy atom. The zero-order valence-corrected chi connectivity index (χ0v) is 11.9. The van der Waals surface area contributed by atoms with E-state index in [0.29, 0.717) is 0 Å². The predicted octanol–water partition coefficient (Wildman–Crippen LogP) is -1.34. The molecule has 0 aromatic heterocycles. The molecule has 8 heteroatoms. The van der Waals surface area contributed by atoms with Crippen molar-refractivity contribution in [3.05, 3.63) is 0 Å². The van der Waals surface area contributed by atoms with Gasteiger partial charge in [-0.3, -0.25) is 14.4 Å². The molecule has 0 radical (unpaired) electrons. The third-order valence-electron chi connectivity index (χ3n) is 2.92. The maximum atomic E-state index is 11.2. The summed E-state index contributed by atoms with van der Waals surface area (Å²) in [7, 11) is 0. The van der Waals surface area contributed by atoms with Crippen molar-refractivity contribution in [3.8, 4) is 0 Å². The highest BCUT2D eigenvalue weighted by atomic mass is 16.6. The van der Waals surface area contributed by atoms with Gasteiger partial charge in [-0.25, -0.2) is 0 Å². The van der Waals surface area contributed by atoms with Crippen LogP contribution in [-0.2, 0) is 23.9 Å². The number of carbonyl (C=O) groups excluding carboxylic acids is 3. The number of esters is 1. The van der Waals surface area contributed by atoms with E-state index in [-0.39, 0.29) is 5.91 Å². The SMILES string of the molecule is CC(=O)N[C@@H]1[C@H](OC(C)=O)[C@@H](NC(C)=O)[C@@H](O)O[C@H]1C. The predicted molar refractivity (Wildman–Crippen MR) is 67.3 cm³/mol. The fourth-order valence-corrected chi connectivity index (χ4v) is 2.20. The van der Waals surface area contributed by atoms with Crippen LogP contribution in [0.3, 0.4) is 0 Å². The van der Waals surface area contributed by atoms with Gasteiger partial charge in [0.25, 0.3) is 0 Å². The van der Waals surface area contributed by atoms with E-state index >= 15 is 0 Å². The average Bonchev–Trinajstić information content (AvgIpc) is 2.27. The van der Waals surface area contributed by atoms with Crippen LogP contribution in [0.15, 0.2) is 0 Å². The summed E-state index contributed by atoms with van der Waals surface area (Å²) in [6.45, 7) is 5.42. The second-order valence-corrected chi connectivity index (χ2v) is 4.76. The Morgan fingerprint density at radius 1 is 1.05 bits per heavy atom. The molecule has 1 aliphatic heterocycles. The first-order valence-corrected chi connectivity index (χ1v) is 6.27. The molecule has 1 saturated heterocycles. The summed E-state index contributed by atoms with van der Waals surface area (Å²) in [6, 6.07) is -1.62. The molecule has 1 heterocycles. The van der Waals surface area contributed by atoms with E-state index in [0.717, 1.165) is 0 Å². The Bertz CT molecular complexity index is 371. The third-order valence-corrected chi connectivity index (χ3v) is 2.92. The normalized spacial score (nSPS) is 33.1. The third kappa shape index (κ3) is 4.17. The molecule has 20 heavy (non-hydrogen) atoms. The van der Waals surface area contributed by atoms with E-state index < -0.39 is 42.5 Å². The standard InChI is InChI=1S/C12H20N2O6/c1-5-9(13-6(2)15)11(20-8(4)17)10(12(18)19-5)14-7(3)16/h5,9-12,18H,1-4H3,(H,13,15)(H,14,16)/t5-,9-,10+,11-,12-/m0/s1. The van der Waals surface area contributed by atoms with Crippen LogP contribution in [0, 0.1) is 0 Å². The van der Waals surface area contributed by atoms with Crippen LogP contribution in [-0.4, -0.2) is 53.5 Å². The summed E-state index contributed by atoms with van der Waals surface area (Å²) >= 11 is 0. The van der Waals surface area contributed by atoms with Gasteiger partial charge in [-0.15, -0.1) is 0 Å². The first-order chi connectivity index (χ1) is 9.22. The lowest BCUT2D eigenvalue weighted by Gasteiger charge is -2.43. The lowest BCUT2D eigenvalue weighted by molar-refractivity contribution is -0.222. The van der Waals surface area contributed by atoms with E-state index in [9.17, 15) is 19.5 Å². The van der Waals surface area contributed by atoms with Crippen LogP contribution < -0.4 is 10.6 Å². The van der Waals surface area contributed by atoms with Gasteiger partial charge < -0.3 is 25.2 Å². The molecule has 0 unspecified atom stereocenters. The lowest BCUT2D eigenvalue weighted by Crippen LogP contribution is -2.67. The van der Waals surface area contributed by atoms with Crippen LogP contribution in [0.2, 0.25) is 0 Å². The molecule has 0 aliphatic carbocycles. The van der Waals surface area contributed by atoms with Gasteiger partial charge in [0.1, 0.15) is 12.1 Å². The summed E-state index contributed by atoms with van der Waals surface area (Å²) in [5.74, 6) is -1.33. The number of aliphatic hydroxyl groups is 1. The zero-order chi connectivity index (χ0) is 15.4. The topological polar surface area (TPSA) is 114 Å². The minimum Gasteiger partial charge on any atom is -0.458 e. The molecule has 0 aromatic carbocycles. The molecule has 0 saturated carbocycles. The fraction of sp³-hybridized carbons (Fsp3) is 0.750. The minimum atomic E-state index is -1.33. The first kappa shape index (κ1) is 16.4. The van der Waals surface area contributed by atoms with Gasteiger partial charge in [0.2, 0.25) is 11.8 Å². The number of carbonyl (C=O) groups is 3. The van der Waals surface area contributed by atoms with Gasteiger partial charge in [-0.05, 0) is 6.92 Å². The summed E-state index contributed by atoms with van der Waals surface area (Å²) in [4.78, 5) is 33.7. The number of rotatable bonds is 3. The molecule has 0 bridgehead atoms. The van der Waals surface area contributed by atoms with Crippen molar-refractivity contribution in [3.63, 3.8) is 0 Å². The van der Waals surface area contributed by atoms with Crippen molar-refractivity contribution in [1.82, 2.24) is 10.6 Å². The lowest BCUT2D eigenvalue weighted by atomic mass is 9.94. The number of hydrogen-bond donors (Lipinski definition) is 3. The van der Waals surface area contributed by atoms with E-state index in [1.165, 1.54) is 20.8 Å². The molecule has 1 aliphatic rings. The van der Waals surface area contributed by atoms with Crippen LogP contribution in [0.5, 0.6) is 0 Å². The van der Waals surface area contributed by atoms with Crippen LogP contribution in [0.25, 0.3) is 0 Å². The maximum absolute atomic E-state index is 11.2. The monoisotopic (exact) mass is 288 g/mol. The van der Waals surface area contributed by atoms with Crippen LogP contribution in [0.4, 0.5) is 0 Å². The van der Waals surface area contributed by atoms with Gasteiger partial charge >= 0.3 is 5.97 Å². The van der Waals surface area contributed by atoms with Crippen molar-refractivity contribution < 1.29 is 29.0 Å². The molecule has 2 amide bonds. The molecule has 0 spiro atoms. The molecule has 0 aromatic rings. The number of ether oxygens (including phenoxy) is 2. The number of amides is 2. The molecule has 3 N–H and O–H groups in total. The molecular weight excluding hydrogens is 268 g/mol. The Hall–Kier alpha value is -1.67. The van der Waals surface area contributed by atoms with Crippen LogP contribution >= 0.6 is 0 Å². The number of nitrogens with one attached hydrogen (secondary N) is 2. The quantitative estimate of drug-likeness (QED) is 0.554. The number of hydrogen-bond acceptors (Lipinski definition) is 6. The fourth-order valence-electron chi connectivity index (χ4n) is 2.20. The molecule has 114 valence electrons. The molecule has 1 fully saturated rings. The summed E-state index contributed by atoms with van der Waals surface area (Å²) in [5, 5.41) is 15.0. The van der Waals surface area contributed by atoms with E-state index in [4.69, 9.17) is 9.47 Å². The Labute approximate surface area is 116 Å². The summed E-state index contributed by atoms with van der Waals surface area (Å²) < 4.78 is 10.4. The second kappa shape index (κ2) is 6.67. The highest BCUT2D eigenvalue weighted by Gasteiger charge is 2.46. The maximum Gasteiger partial charge on any atom is 0.303 e.